The van der Waals surface area contributed by atoms with Crippen LogP contribution in [0.25, 0.3) is 11.0 Å². The van der Waals surface area contributed by atoms with Crippen molar-refractivity contribution in [3.63, 3.8) is 0 Å². The molecule has 0 saturated heterocycles. The number of anilines is 1. The van der Waals surface area contributed by atoms with Gasteiger partial charge in [0.2, 0.25) is 0 Å². The number of imidazole rings is 1. The van der Waals surface area contributed by atoms with Crippen LogP contribution in [-0.4, -0.2) is 36.3 Å². The summed E-state index contributed by atoms with van der Waals surface area (Å²) in [6.45, 7) is 2.33. The fraction of sp³-hybridized carbons (Fsp3) is 0.182. The molecule has 1 heterocycles. The van der Waals surface area contributed by atoms with Gasteiger partial charge in [-0.3, -0.25) is 14.5 Å². The lowest BCUT2D eigenvalue weighted by Crippen LogP contribution is -2.31. The molecule has 9 heteroatoms. The van der Waals surface area contributed by atoms with Crippen LogP contribution >= 0.6 is 0 Å². The minimum Gasteiger partial charge on any atom is -0.331 e. The number of benzene rings is 4. The van der Waals surface area contributed by atoms with Crippen LogP contribution in [0.5, 0.6) is 0 Å². The van der Waals surface area contributed by atoms with Crippen LogP contribution in [0.2, 0.25) is 0 Å². The second-order valence-electron chi connectivity index (χ2n) is 10.0. The molecule has 0 spiro atoms. The van der Waals surface area contributed by atoms with E-state index in [1.807, 2.05) is 67.1 Å². The van der Waals surface area contributed by atoms with Gasteiger partial charge in [-0.15, -0.1) is 0 Å². The van der Waals surface area contributed by atoms with Crippen LogP contribution in [0.15, 0.2) is 108 Å². The molecule has 5 rings (SSSR count). The van der Waals surface area contributed by atoms with Gasteiger partial charge >= 0.3 is 0 Å². The number of carbonyl (C=O) groups is 1. The molecule has 1 aromatic heterocycles. The number of nitrogens with zero attached hydrogens (tertiary/aromatic N) is 3. The van der Waals surface area contributed by atoms with E-state index in [2.05, 4.69) is 5.32 Å². The Bertz CT molecular complexity index is 1820. The van der Waals surface area contributed by atoms with Crippen molar-refractivity contribution < 1.29 is 13.2 Å². The Balaban J connectivity index is 1.29. The lowest BCUT2D eigenvalue weighted by Gasteiger charge is -2.24. The number of nitrogens with one attached hydrogen (secondary N) is 2. The Kier molecular flexibility index (Phi) is 8.49. The summed E-state index contributed by atoms with van der Waals surface area (Å²) in [6.07, 6.45) is 2.09. The van der Waals surface area contributed by atoms with Gasteiger partial charge in [0.05, 0.1) is 21.6 Å². The zero-order valence-electron chi connectivity index (χ0n) is 23.6. The van der Waals surface area contributed by atoms with E-state index in [0.29, 0.717) is 36.2 Å². The number of sulfonamides is 1. The van der Waals surface area contributed by atoms with Crippen LogP contribution in [-0.2, 0) is 29.9 Å². The number of hydrogen-bond donors (Lipinski definition) is 2. The van der Waals surface area contributed by atoms with Crippen LogP contribution < -0.4 is 9.62 Å². The summed E-state index contributed by atoms with van der Waals surface area (Å²) in [6, 6.07) is 30.5. The molecule has 42 heavy (non-hydrogen) atoms. The third-order valence-electron chi connectivity index (χ3n) is 7.16. The summed E-state index contributed by atoms with van der Waals surface area (Å²) < 4.78 is 30.4. The molecule has 0 aliphatic rings. The number of aryl methyl sites for hydroxylation is 3. The quantitative estimate of drug-likeness (QED) is 0.163. The van der Waals surface area contributed by atoms with Gasteiger partial charge in [-0.05, 0) is 60.9 Å². The number of carbonyl (C=O) groups excluding carboxylic acids is 1. The first-order valence-corrected chi connectivity index (χ1v) is 15.3. The van der Waals surface area contributed by atoms with Crippen molar-refractivity contribution in [2.24, 2.45) is 7.05 Å². The van der Waals surface area contributed by atoms with E-state index in [4.69, 9.17) is 10.4 Å². The van der Waals surface area contributed by atoms with Gasteiger partial charge in [-0.25, -0.2) is 13.4 Å². The molecule has 0 aliphatic heterocycles. The summed E-state index contributed by atoms with van der Waals surface area (Å²) in [5.41, 5.74) is 4.48. The van der Waals surface area contributed by atoms with Gasteiger partial charge in [0, 0.05) is 31.1 Å². The maximum absolute atomic E-state index is 13.4. The van der Waals surface area contributed by atoms with Gasteiger partial charge in [-0.2, -0.15) is 0 Å². The predicted molar refractivity (Wildman–Crippen MR) is 167 cm³/mol. The molecule has 2 N–H and O–H groups in total. The molecule has 1 amide bonds. The Morgan fingerprint density at radius 1 is 0.881 bits per heavy atom. The maximum Gasteiger partial charge on any atom is 0.264 e. The minimum absolute atomic E-state index is 0.0490. The predicted octanol–water partition coefficient (Wildman–Crippen LogP) is 5.72. The molecule has 0 atom stereocenters. The van der Waals surface area contributed by atoms with E-state index in [9.17, 15) is 13.2 Å². The summed E-state index contributed by atoms with van der Waals surface area (Å²) in [7, 11) is -1.74. The number of amides is 1. The fourth-order valence-electron chi connectivity index (χ4n) is 4.87. The zero-order valence-corrected chi connectivity index (χ0v) is 24.4. The highest BCUT2D eigenvalue weighted by atomic mass is 32.2. The molecule has 0 bridgehead atoms. The summed E-state index contributed by atoms with van der Waals surface area (Å²) in [5.74, 6) is 0.625. The average Bonchev–Trinajstić information content (AvgIpc) is 3.34. The standard InChI is InChI=1S/C33H33N5O3S/c1-3-22-38(42(40,41)28-12-8-5-9-13-28)27-19-20-30-29(23-27)35-31(37(30)2)21-16-24-14-17-25(18-15-24)32(34)36-33(39)26-10-6-4-7-11-26/h4-15,17-20,23H,3,16,21-22H2,1-2H3,(H2,34,36,39). The van der Waals surface area contributed by atoms with Crippen LogP contribution in [0.4, 0.5) is 5.69 Å². The first kappa shape index (κ1) is 28.8. The highest BCUT2D eigenvalue weighted by molar-refractivity contribution is 7.92. The number of amidine groups is 1. The van der Waals surface area contributed by atoms with Crippen molar-refractivity contribution in [2.45, 2.75) is 31.1 Å². The Hall–Kier alpha value is -4.76. The lowest BCUT2D eigenvalue weighted by atomic mass is 10.1. The van der Waals surface area contributed by atoms with Gasteiger partial charge < -0.3 is 9.88 Å². The highest BCUT2D eigenvalue weighted by Gasteiger charge is 2.25. The molecule has 8 nitrogen and oxygen atoms in total. The van der Waals surface area contributed by atoms with Gasteiger partial charge in [0.15, 0.2) is 0 Å². The number of rotatable bonds is 10. The Morgan fingerprint density at radius 3 is 2.21 bits per heavy atom. The number of aromatic nitrogens is 2. The number of fused-ring (bicyclic) bond motifs is 1. The first-order valence-electron chi connectivity index (χ1n) is 13.9. The molecule has 0 radical (unpaired) electrons. The van der Waals surface area contributed by atoms with Crippen molar-refractivity contribution in [2.75, 3.05) is 10.8 Å². The summed E-state index contributed by atoms with van der Waals surface area (Å²) in [5, 5.41) is 10.9. The molecule has 0 unspecified atom stereocenters. The molecule has 0 aliphatic carbocycles. The third-order valence-corrected chi connectivity index (χ3v) is 9.00. The lowest BCUT2D eigenvalue weighted by molar-refractivity contribution is 0.0977. The normalized spacial score (nSPS) is 11.4. The molecule has 0 saturated carbocycles. The van der Waals surface area contributed by atoms with Gasteiger partial charge in [0.25, 0.3) is 15.9 Å². The average molecular weight is 580 g/mol. The van der Waals surface area contributed by atoms with Crippen molar-refractivity contribution in [1.82, 2.24) is 14.9 Å². The molecular formula is C33H33N5O3S. The molecular weight excluding hydrogens is 546 g/mol. The third kappa shape index (κ3) is 6.11. The minimum atomic E-state index is -3.70. The molecule has 4 aromatic carbocycles. The van der Waals surface area contributed by atoms with E-state index in [1.165, 1.54) is 4.31 Å². The second kappa shape index (κ2) is 12.4. The summed E-state index contributed by atoms with van der Waals surface area (Å²) >= 11 is 0. The van der Waals surface area contributed by atoms with Crippen molar-refractivity contribution in [3.8, 4) is 0 Å². The molecule has 214 valence electrons. The zero-order chi connectivity index (χ0) is 29.7. The summed E-state index contributed by atoms with van der Waals surface area (Å²) in [4.78, 5) is 17.5. The van der Waals surface area contributed by atoms with Crippen LogP contribution in [0, 0.1) is 5.41 Å². The van der Waals surface area contributed by atoms with Crippen molar-refractivity contribution >= 4 is 38.5 Å². The van der Waals surface area contributed by atoms with Crippen molar-refractivity contribution in [1.29, 1.82) is 5.41 Å². The van der Waals surface area contributed by atoms with E-state index < -0.39 is 10.0 Å². The monoisotopic (exact) mass is 579 g/mol. The van der Waals surface area contributed by atoms with Crippen molar-refractivity contribution in [3.05, 3.63) is 126 Å². The van der Waals surface area contributed by atoms with E-state index >= 15 is 0 Å². The first-order chi connectivity index (χ1) is 20.3. The van der Waals surface area contributed by atoms with Gasteiger partial charge in [0.1, 0.15) is 11.7 Å². The Morgan fingerprint density at radius 2 is 1.55 bits per heavy atom. The maximum atomic E-state index is 13.4. The van der Waals surface area contributed by atoms with E-state index in [0.717, 1.165) is 28.8 Å². The second-order valence-corrected chi connectivity index (χ2v) is 11.9. The largest absolute Gasteiger partial charge is 0.331 e. The number of hydrogen-bond acceptors (Lipinski definition) is 5. The smallest absolute Gasteiger partial charge is 0.264 e. The Labute approximate surface area is 246 Å². The fourth-order valence-corrected chi connectivity index (χ4v) is 6.44. The highest BCUT2D eigenvalue weighted by Crippen LogP contribution is 2.28. The van der Waals surface area contributed by atoms with Crippen LogP contribution in [0.3, 0.4) is 0 Å². The van der Waals surface area contributed by atoms with Gasteiger partial charge in [-0.1, -0.05) is 67.6 Å². The van der Waals surface area contributed by atoms with E-state index in [-0.39, 0.29) is 16.6 Å². The van der Waals surface area contributed by atoms with E-state index in [1.54, 1.807) is 54.6 Å². The SMILES string of the molecule is CCCN(c1ccc2c(c1)nc(CCc1ccc(C(=N)NC(=O)c3ccccc3)cc1)n2C)S(=O)(=O)c1ccccc1. The van der Waals surface area contributed by atoms with Crippen LogP contribution in [0.1, 0.15) is 40.7 Å². The molecule has 0 fully saturated rings. The topological polar surface area (TPSA) is 108 Å². The molecule has 5 aromatic rings.